The summed E-state index contributed by atoms with van der Waals surface area (Å²) in [5, 5.41) is 14.7. The van der Waals surface area contributed by atoms with E-state index in [1.54, 1.807) is 18.3 Å². The maximum Gasteiger partial charge on any atom is 0.259 e. The molecule has 0 spiro atoms. The van der Waals surface area contributed by atoms with Gasteiger partial charge in [0.2, 0.25) is 5.91 Å². The number of piperazine rings is 1. The van der Waals surface area contributed by atoms with Crippen molar-refractivity contribution in [3.63, 3.8) is 0 Å². The second kappa shape index (κ2) is 10.1. The Morgan fingerprint density at radius 3 is 2.53 bits per heavy atom. The molecule has 1 aromatic carbocycles. The molecule has 1 atom stereocenters. The molecule has 0 radical (unpaired) electrons. The van der Waals surface area contributed by atoms with Crippen LogP contribution < -0.4 is 21.1 Å². The highest BCUT2D eigenvalue weighted by Gasteiger charge is 2.23. The standard InChI is InChI=1S/C23H29N5O2/c1-17(2)16-21(22(29)26-10-9-24)28-13-3-4-20(23(28)30)18-5-7-19(8-6-18)27-14-11-25-12-15-27/h3-8,13,17,21,25H,10-12,14-16H2,1-2H3,(H,26,29). The third-order valence-electron chi connectivity index (χ3n) is 5.31. The Bertz CT molecular complexity index is 953. The molecular weight excluding hydrogens is 378 g/mol. The van der Waals surface area contributed by atoms with Crippen molar-refractivity contribution in [1.29, 1.82) is 5.26 Å². The Hall–Kier alpha value is -3.11. The van der Waals surface area contributed by atoms with Crippen molar-refractivity contribution in [2.24, 2.45) is 5.92 Å². The number of rotatable bonds is 7. The SMILES string of the molecule is CC(C)CC(C(=O)NCC#N)n1cccc(-c2ccc(N3CCNCC3)cc2)c1=O. The molecule has 1 aliphatic rings. The minimum atomic E-state index is -0.647. The molecule has 1 saturated heterocycles. The number of pyridine rings is 1. The first-order valence-electron chi connectivity index (χ1n) is 10.4. The van der Waals surface area contributed by atoms with Crippen LogP contribution in [0, 0.1) is 17.2 Å². The fraction of sp³-hybridized carbons (Fsp3) is 0.435. The molecule has 7 heteroatoms. The molecule has 2 heterocycles. The minimum Gasteiger partial charge on any atom is -0.369 e. The first-order chi connectivity index (χ1) is 14.5. The molecule has 1 aromatic heterocycles. The maximum atomic E-state index is 13.3. The number of hydrogen-bond donors (Lipinski definition) is 2. The van der Waals surface area contributed by atoms with Crippen LogP contribution in [-0.4, -0.2) is 43.2 Å². The van der Waals surface area contributed by atoms with Gasteiger partial charge in [-0.2, -0.15) is 5.26 Å². The van der Waals surface area contributed by atoms with Gasteiger partial charge in [-0.15, -0.1) is 0 Å². The summed E-state index contributed by atoms with van der Waals surface area (Å²) in [5.74, 6) is -0.0877. The molecule has 0 saturated carbocycles. The van der Waals surface area contributed by atoms with Crippen LogP contribution in [0.25, 0.3) is 11.1 Å². The number of amides is 1. The van der Waals surface area contributed by atoms with Gasteiger partial charge < -0.3 is 20.1 Å². The van der Waals surface area contributed by atoms with E-state index < -0.39 is 6.04 Å². The van der Waals surface area contributed by atoms with E-state index in [0.29, 0.717) is 12.0 Å². The van der Waals surface area contributed by atoms with Gasteiger partial charge in [-0.05, 0) is 42.2 Å². The quantitative estimate of drug-likeness (QED) is 0.687. The normalized spacial score (nSPS) is 14.9. The van der Waals surface area contributed by atoms with E-state index in [1.165, 1.54) is 4.57 Å². The summed E-state index contributed by atoms with van der Waals surface area (Å²) in [4.78, 5) is 28.2. The number of nitrogens with one attached hydrogen (secondary N) is 2. The van der Waals surface area contributed by atoms with Gasteiger partial charge in [-0.1, -0.05) is 26.0 Å². The monoisotopic (exact) mass is 407 g/mol. The molecule has 0 bridgehead atoms. The average Bonchev–Trinajstić information content (AvgIpc) is 2.77. The summed E-state index contributed by atoms with van der Waals surface area (Å²) in [5.41, 5.74) is 2.33. The number of nitriles is 1. The molecule has 1 fully saturated rings. The molecule has 158 valence electrons. The van der Waals surface area contributed by atoms with Crippen molar-refractivity contribution in [1.82, 2.24) is 15.2 Å². The van der Waals surface area contributed by atoms with Crippen LogP contribution in [0.2, 0.25) is 0 Å². The molecule has 7 nitrogen and oxygen atoms in total. The molecule has 1 unspecified atom stereocenters. The van der Waals surface area contributed by atoms with Crippen molar-refractivity contribution >= 4 is 11.6 Å². The number of hydrogen-bond acceptors (Lipinski definition) is 5. The Morgan fingerprint density at radius 2 is 1.90 bits per heavy atom. The lowest BCUT2D eigenvalue weighted by atomic mass is 10.0. The highest BCUT2D eigenvalue weighted by Crippen LogP contribution is 2.23. The summed E-state index contributed by atoms with van der Waals surface area (Å²) >= 11 is 0. The third-order valence-corrected chi connectivity index (χ3v) is 5.31. The largest absolute Gasteiger partial charge is 0.369 e. The van der Waals surface area contributed by atoms with Crippen LogP contribution in [0.4, 0.5) is 5.69 Å². The fourth-order valence-corrected chi connectivity index (χ4v) is 3.79. The van der Waals surface area contributed by atoms with Gasteiger partial charge in [0.15, 0.2) is 0 Å². The van der Waals surface area contributed by atoms with Gasteiger partial charge >= 0.3 is 0 Å². The van der Waals surface area contributed by atoms with Gasteiger partial charge in [0.25, 0.3) is 5.56 Å². The lowest BCUT2D eigenvalue weighted by molar-refractivity contribution is -0.124. The maximum absolute atomic E-state index is 13.3. The van der Waals surface area contributed by atoms with E-state index in [1.807, 2.05) is 44.2 Å². The van der Waals surface area contributed by atoms with Gasteiger partial charge in [-0.3, -0.25) is 9.59 Å². The van der Waals surface area contributed by atoms with Crippen molar-refractivity contribution in [2.75, 3.05) is 37.6 Å². The fourth-order valence-electron chi connectivity index (χ4n) is 3.79. The Labute approximate surface area is 177 Å². The highest BCUT2D eigenvalue weighted by atomic mass is 16.2. The van der Waals surface area contributed by atoms with Crippen LogP contribution in [0.1, 0.15) is 26.3 Å². The number of aromatic nitrogens is 1. The molecule has 1 amide bonds. The zero-order valence-electron chi connectivity index (χ0n) is 17.6. The molecule has 2 aromatic rings. The number of benzene rings is 1. The smallest absolute Gasteiger partial charge is 0.259 e. The molecule has 3 rings (SSSR count). The summed E-state index contributed by atoms with van der Waals surface area (Å²) in [7, 11) is 0. The van der Waals surface area contributed by atoms with Crippen molar-refractivity contribution in [2.45, 2.75) is 26.3 Å². The third kappa shape index (κ3) is 5.08. The first kappa shape index (κ1) is 21.6. The Balaban J connectivity index is 1.90. The van der Waals surface area contributed by atoms with Gasteiger partial charge in [0.05, 0.1) is 6.07 Å². The van der Waals surface area contributed by atoms with Crippen molar-refractivity contribution < 1.29 is 4.79 Å². The average molecular weight is 408 g/mol. The van der Waals surface area contributed by atoms with Gasteiger partial charge in [0.1, 0.15) is 12.6 Å². The number of anilines is 1. The summed E-state index contributed by atoms with van der Waals surface area (Å²) < 4.78 is 1.49. The summed E-state index contributed by atoms with van der Waals surface area (Å²) in [6, 6.07) is 12.9. The minimum absolute atomic E-state index is 0.0741. The molecule has 0 aliphatic carbocycles. The van der Waals surface area contributed by atoms with Crippen LogP contribution in [0.3, 0.4) is 0 Å². The number of carbonyl (C=O) groups excluding carboxylic acids is 1. The van der Waals surface area contributed by atoms with E-state index in [-0.39, 0.29) is 23.9 Å². The second-order valence-electron chi connectivity index (χ2n) is 7.94. The van der Waals surface area contributed by atoms with E-state index in [0.717, 1.165) is 37.4 Å². The predicted octanol–water partition coefficient (Wildman–Crippen LogP) is 2.15. The Kier molecular flexibility index (Phi) is 7.26. The van der Waals surface area contributed by atoms with E-state index in [2.05, 4.69) is 15.5 Å². The molecular formula is C23H29N5O2. The van der Waals surface area contributed by atoms with Crippen LogP contribution in [0.5, 0.6) is 0 Å². The van der Waals surface area contributed by atoms with Crippen molar-refractivity contribution in [3.8, 4) is 17.2 Å². The summed E-state index contributed by atoms with van der Waals surface area (Å²) in [6.07, 6.45) is 2.17. The number of nitrogens with zero attached hydrogens (tertiary/aromatic N) is 3. The first-order valence-corrected chi connectivity index (χ1v) is 10.4. The molecule has 30 heavy (non-hydrogen) atoms. The van der Waals surface area contributed by atoms with Crippen molar-refractivity contribution in [3.05, 3.63) is 52.9 Å². The Morgan fingerprint density at radius 1 is 1.20 bits per heavy atom. The van der Waals surface area contributed by atoms with Crippen LogP contribution in [-0.2, 0) is 4.79 Å². The highest BCUT2D eigenvalue weighted by molar-refractivity contribution is 5.80. The van der Waals surface area contributed by atoms with Gasteiger partial charge in [0, 0.05) is 43.6 Å². The summed E-state index contributed by atoms with van der Waals surface area (Å²) in [6.45, 7) is 7.81. The lowest BCUT2D eigenvalue weighted by Crippen LogP contribution is -2.43. The zero-order chi connectivity index (χ0) is 21.5. The van der Waals surface area contributed by atoms with E-state index >= 15 is 0 Å². The molecule has 1 aliphatic heterocycles. The van der Waals surface area contributed by atoms with Crippen LogP contribution in [0.15, 0.2) is 47.4 Å². The molecule has 2 N–H and O–H groups in total. The number of carbonyl (C=O) groups is 1. The van der Waals surface area contributed by atoms with Crippen LogP contribution >= 0.6 is 0 Å². The predicted molar refractivity (Wildman–Crippen MR) is 118 cm³/mol. The second-order valence-corrected chi connectivity index (χ2v) is 7.94. The topological polar surface area (TPSA) is 90.2 Å². The van der Waals surface area contributed by atoms with Gasteiger partial charge in [-0.25, -0.2) is 0 Å². The zero-order valence-corrected chi connectivity index (χ0v) is 17.6. The van der Waals surface area contributed by atoms with E-state index in [4.69, 9.17) is 5.26 Å². The van der Waals surface area contributed by atoms with E-state index in [9.17, 15) is 9.59 Å². The lowest BCUT2D eigenvalue weighted by Gasteiger charge is -2.29.